The van der Waals surface area contributed by atoms with Gasteiger partial charge in [-0.25, -0.2) is 10.4 Å². The molecule has 0 aliphatic carbocycles. The summed E-state index contributed by atoms with van der Waals surface area (Å²) in [7, 11) is 0. The second-order valence-corrected chi connectivity index (χ2v) is 5.77. The van der Waals surface area contributed by atoms with Crippen molar-refractivity contribution in [2.24, 2.45) is 5.10 Å². The summed E-state index contributed by atoms with van der Waals surface area (Å²) < 4.78 is 0. The standard InChI is InChI=1S/C12H10N4O3S2/c17-10(8-20-11-3-1-2-6-13-11)15-14-7-9-4-5-12(21-9)16(18)19/h1-7H,8H2,(H,15,17)/b14-7+. The molecule has 2 heterocycles. The van der Waals surface area contributed by atoms with E-state index in [1.807, 2.05) is 12.1 Å². The Labute approximate surface area is 128 Å². The molecule has 1 amide bonds. The van der Waals surface area contributed by atoms with Crippen LogP contribution in [-0.4, -0.2) is 27.8 Å². The van der Waals surface area contributed by atoms with Crippen LogP contribution in [0.4, 0.5) is 5.00 Å². The summed E-state index contributed by atoms with van der Waals surface area (Å²) in [4.78, 5) is 26.3. The fraction of sp³-hybridized carbons (Fsp3) is 0.0833. The van der Waals surface area contributed by atoms with Crippen LogP contribution in [0.5, 0.6) is 0 Å². The van der Waals surface area contributed by atoms with E-state index in [0.29, 0.717) is 4.88 Å². The van der Waals surface area contributed by atoms with Crippen LogP contribution in [0.3, 0.4) is 0 Å². The third kappa shape index (κ3) is 4.97. The monoisotopic (exact) mass is 322 g/mol. The van der Waals surface area contributed by atoms with Gasteiger partial charge in [0.05, 0.1) is 26.8 Å². The van der Waals surface area contributed by atoms with E-state index in [2.05, 4.69) is 15.5 Å². The molecule has 0 aromatic carbocycles. The highest BCUT2D eigenvalue weighted by molar-refractivity contribution is 7.99. The van der Waals surface area contributed by atoms with Crippen LogP contribution < -0.4 is 5.43 Å². The summed E-state index contributed by atoms with van der Waals surface area (Å²) >= 11 is 2.29. The predicted octanol–water partition coefficient (Wildman–Crippen LogP) is 2.29. The third-order valence-electron chi connectivity index (χ3n) is 2.16. The SMILES string of the molecule is O=C(CSc1ccccn1)N/N=C/c1ccc([N+](=O)[O-])s1. The Bertz CT molecular complexity index is 658. The number of carbonyl (C=O) groups is 1. The normalized spacial score (nSPS) is 10.7. The first-order valence-electron chi connectivity index (χ1n) is 5.75. The highest BCUT2D eigenvalue weighted by Crippen LogP contribution is 2.22. The molecule has 2 rings (SSSR count). The molecule has 0 bridgehead atoms. The number of hydrogen-bond donors (Lipinski definition) is 1. The summed E-state index contributed by atoms with van der Waals surface area (Å²) in [5.74, 6) is -0.0770. The van der Waals surface area contributed by atoms with Gasteiger partial charge in [-0.2, -0.15) is 5.10 Å². The summed E-state index contributed by atoms with van der Waals surface area (Å²) in [6.07, 6.45) is 3.03. The van der Waals surface area contributed by atoms with Crippen LogP contribution in [-0.2, 0) is 4.79 Å². The molecule has 1 N–H and O–H groups in total. The molecule has 0 saturated heterocycles. The van der Waals surface area contributed by atoms with Crippen LogP contribution in [0.15, 0.2) is 46.7 Å². The van der Waals surface area contributed by atoms with Crippen molar-refractivity contribution in [2.75, 3.05) is 5.75 Å². The average Bonchev–Trinajstić information content (AvgIpc) is 2.95. The Hall–Kier alpha value is -2.26. The van der Waals surface area contributed by atoms with E-state index in [4.69, 9.17) is 0 Å². The first kappa shape index (κ1) is 15.1. The Morgan fingerprint density at radius 2 is 2.33 bits per heavy atom. The Morgan fingerprint density at radius 1 is 1.48 bits per heavy atom. The zero-order valence-corrected chi connectivity index (χ0v) is 12.3. The first-order chi connectivity index (χ1) is 10.1. The first-order valence-corrected chi connectivity index (χ1v) is 7.55. The number of nitrogens with one attached hydrogen (secondary N) is 1. The molecular weight excluding hydrogens is 312 g/mol. The highest BCUT2D eigenvalue weighted by Gasteiger charge is 2.08. The number of amides is 1. The molecular formula is C12H10N4O3S2. The molecule has 0 radical (unpaired) electrons. The molecule has 21 heavy (non-hydrogen) atoms. The lowest BCUT2D eigenvalue weighted by atomic mass is 10.5. The van der Waals surface area contributed by atoms with Crippen molar-refractivity contribution in [3.8, 4) is 0 Å². The highest BCUT2D eigenvalue weighted by atomic mass is 32.2. The van der Waals surface area contributed by atoms with E-state index in [1.54, 1.807) is 18.3 Å². The van der Waals surface area contributed by atoms with Crippen molar-refractivity contribution in [3.63, 3.8) is 0 Å². The lowest BCUT2D eigenvalue weighted by Crippen LogP contribution is -2.19. The summed E-state index contributed by atoms with van der Waals surface area (Å²) in [5, 5.41) is 15.1. The van der Waals surface area contributed by atoms with Gasteiger partial charge in [0.1, 0.15) is 0 Å². The number of hydrazone groups is 1. The zero-order chi connectivity index (χ0) is 15.1. The molecule has 0 atom stereocenters. The topological polar surface area (TPSA) is 97.5 Å². The Kier molecular flexibility index (Phi) is 5.41. The van der Waals surface area contributed by atoms with Crippen LogP contribution in [0.25, 0.3) is 0 Å². The van der Waals surface area contributed by atoms with Gasteiger partial charge in [0, 0.05) is 12.3 Å². The molecule has 108 valence electrons. The molecule has 9 heteroatoms. The molecule has 7 nitrogen and oxygen atoms in total. The third-order valence-corrected chi connectivity index (χ3v) is 4.08. The minimum absolute atomic E-state index is 0.0356. The number of thiophene rings is 1. The molecule has 0 aliphatic rings. The van der Waals surface area contributed by atoms with Gasteiger partial charge in [-0.1, -0.05) is 29.2 Å². The zero-order valence-electron chi connectivity index (χ0n) is 10.6. The second-order valence-electron chi connectivity index (χ2n) is 3.68. The van der Waals surface area contributed by atoms with Crippen molar-refractivity contribution in [1.82, 2.24) is 10.4 Å². The molecule has 0 fully saturated rings. The summed E-state index contributed by atoms with van der Waals surface area (Å²) in [5.41, 5.74) is 2.36. The van der Waals surface area contributed by atoms with Gasteiger partial charge in [0.15, 0.2) is 0 Å². The molecule has 0 saturated carbocycles. The quantitative estimate of drug-likeness (QED) is 0.381. The van der Waals surface area contributed by atoms with Crippen molar-refractivity contribution >= 4 is 40.2 Å². The molecule has 0 unspecified atom stereocenters. The van der Waals surface area contributed by atoms with Gasteiger partial charge in [-0.05, 0) is 18.2 Å². The number of carbonyl (C=O) groups excluding carboxylic acids is 1. The van der Waals surface area contributed by atoms with Crippen molar-refractivity contribution in [1.29, 1.82) is 0 Å². The fourth-order valence-corrected chi connectivity index (χ4v) is 2.63. The Balaban J connectivity index is 1.77. The molecule has 2 aromatic rings. The number of rotatable bonds is 6. The minimum atomic E-state index is -0.468. The maximum Gasteiger partial charge on any atom is 0.324 e. The van der Waals surface area contributed by atoms with Crippen molar-refractivity contribution < 1.29 is 9.72 Å². The molecule has 2 aromatic heterocycles. The maximum atomic E-state index is 11.5. The van der Waals surface area contributed by atoms with Crippen molar-refractivity contribution in [2.45, 2.75) is 5.03 Å². The number of aromatic nitrogens is 1. The van der Waals surface area contributed by atoms with Gasteiger partial charge >= 0.3 is 5.00 Å². The number of hydrogen-bond acceptors (Lipinski definition) is 7. The van der Waals surface area contributed by atoms with Gasteiger partial charge in [0.25, 0.3) is 0 Å². The maximum absolute atomic E-state index is 11.5. The molecule has 0 aliphatic heterocycles. The van der Waals surface area contributed by atoms with E-state index < -0.39 is 4.92 Å². The Morgan fingerprint density at radius 3 is 3.00 bits per heavy atom. The van der Waals surface area contributed by atoms with E-state index in [-0.39, 0.29) is 16.7 Å². The lowest BCUT2D eigenvalue weighted by Gasteiger charge is -1.99. The summed E-state index contributed by atoms with van der Waals surface area (Å²) in [6, 6.07) is 8.42. The smallest absolute Gasteiger partial charge is 0.272 e. The number of nitrogens with zero attached hydrogens (tertiary/aromatic N) is 3. The second kappa shape index (κ2) is 7.50. The van der Waals surface area contributed by atoms with Crippen LogP contribution >= 0.6 is 23.1 Å². The fourth-order valence-electron chi connectivity index (χ4n) is 1.28. The van der Waals surface area contributed by atoms with E-state index in [0.717, 1.165) is 16.4 Å². The number of pyridine rings is 1. The molecule has 0 spiro atoms. The van der Waals surface area contributed by atoms with Crippen molar-refractivity contribution in [3.05, 3.63) is 51.5 Å². The van der Waals surface area contributed by atoms with Gasteiger partial charge < -0.3 is 0 Å². The van der Waals surface area contributed by atoms with Gasteiger partial charge in [-0.3, -0.25) is 14.9 Å². The van der Waals surface area contributed by atoms with Gasteiger partial charge in [0.2, 0.25) is 5.91 Å². The van der Waals surface area contributed by atoms with Crippen LogP contribution in [0.2, 0.25) is 0 Å². The average molecular weight is 322 g/mol. The predicted molar refractivity (Wildman–Crippen MR) is 81.7 cm³/mol. The van der Waals surface area contributed by atoms with Crippen LogP contribution in [0, 0.1) is 10.1 Å². The van der Waals surface area contributed by atoms with E-state index in [9.17, 15) is 14.9 Å². The van der Waals surface area contributed by atoms with E-state index >= 15 is 0 Å². The van der Waals surface area contributed by atoms with Gasteiger partial charge in [-0.15, -0.1) is 0 Å². The minimum Gasteiger partial charge on any atom is -0.272 e. The number of nitro groups is 1. The van der Waals surface area contributed by atoms with Crippen LogP contribution in [0.1, 0.15) is 4.88 Å². The largest absolute Gasteiger partial charge is 0.324 e. The van der Waals surface area contributed by atoms with E-state index in [1.165, 1.54) is 24.0 Å². The number of thioether (sulfide) groups is 1. The lowest BCUT2D eigenvalue weighted by molar-refractivity contribution is -0.380. The summed E-state index contributed by atoms with van der Waals surface area (Å²) in [6.45, 7) is 0.